The number of para-hydroxylation sites is 2. The van der Waals surface area contributed by atoms with Crippen LogP contribution in [0.25, 0.3) is 27.8 Å². The molecular weight excluding hydrogens is 591 g/mol. The van der Waals surface area contributed by atoms with Gasteiger partial charge in [0.15, 0.2) is 5.82 Å². The van der Waals surface area contributed by atoms with Crippen molar-refractivity contribution in [2.45, 2.75) is 37.5 Å². The molecule has 1 saturated carbocycles. The van der Waals surface area contributed by atoms with Crippen LogP contribution >= 0.6 is 0 Å². The van der Waals surface area contributed by atoms with Crippen LogP contribution in [0.3, 0.4) is 0 Å². The lowest BCUT2D eigenvalue weighted by Gasteiger charge is -2.36. The maximum atomic E-state index is 15.0. The lowest BCUT2D eigenvalue weighted by Crippen LogP contribution is -2.47. The van der Waals surface area contributed by atoms with Crippen LogP contribution in [0.15, 0.2) is 55.2 Å². The summed E-state index contributed by atoms with van der Waals surface area (Å²) < 4.78 is 50.5. The van der Waals surface area contributed by atoms with Crippen molar-refractivity contribution in [2.24, 2.45) is 5.92 Å². The van der Waals surface area contributed by atoms with Gasteiger partial charge in [0.1, 0.15) is 23.6 Å². The largest absolute Gasteiger partial charge is 0.480 e. The molecule has 1 aliphatic heterocycles. The maximum Gasteiger partial charge on any atom is 0.257 e. The Bertz CT molecular complexity index is 1950. The van der Waals surface area contributed by atoms with E-state index in [1.165, 1.54) is 24.5 Å². The van der Waals surface area contributed by atoms with Gasteiger partial charge in [0.2, 0.25) is 17.7 Å². The van der Waals surface area contributed by atoms with Crippen LogP contribution in [0.4, 0.5) is 19.0 Å². The van der Waals surface area contributed by atoms with E-state index in [0.29, 0.717) is 23.3 Å². The van der Waals surface area contributed by atoms with Gasteiger partial charge >= 0.3 is 0 Å². The lowest BCUT2D eigenvalue weighted by atomic mass is 9.80. The second kappa shape index (κ2) is 10.7. The molecule has 1 aliphatic carbocycles. The van der Waals surface area contributed by atoms with Gasteiger partial charge in [-0.25, -0.2) is 32.6 Å². The van der Waals surface area contributed by atoms with E-state index in [-0.39, 0.29) is 30.4 Å². The molecule has 1 aromatic carbocycles. The van der Waals surface area contributed by atoms with Gasteiger partial charge < -0.3 is 25.3 Å². The third-order valence-corrected chi connectivity index (χ3v) is 8.43. The number of methoxy groups -OCH3 is 1. The standard InChI is InChI=1S/C30H28F3N9O3/c1-45-28-19(27(43)39-22-13-40(12-20(22)31)29(44)18-8-30(32,33)9-18)6-16(10-35-28)24-7-17(25-26(34)36-14-38-42(24)25)11-41-15-37-21-4-2-3-5-23(21)41/h2-7,10,14-15,18,20,22H,8-9,11-13H2,1H3,(H,39,43)(H2,34,36,38)/t20-,22+/m0/s1. The van der Waals surface area contributed by atoms with Crippen LogP contribution < -0.4 is 15.8 Å². The molecule has 2 fully saturated rings. The number of rotatable bonds is 7. The highest BCUT2D eigenvalue weighted by Crippen LogP contribution is 2.43. The number of ether oxygens (including phenoxy) is 1. The van der Waals surface area contributed by atoms with Crippen molar-refractivity contribution in [1.82, 2.24) is 39.3 Å². The molecule has 12 nitrogen and oxygen atoms in total. The van der Waals surface area contributed by atoms with Crippen LogP contribution in [0, 0.1) is 5.92 Å². The molecule has 15 heteroatoms. The van der Waals surface area contributed by atoms with Crippen molar-refractivity contribution in [1.29, 1.82) is 0 Å². The highest BCUT2D eigenvalue weighted by Gasteiger charge is 2.51. The Morgan fingerprint density at radius 3 is 2.71 bits per heavy atom. The Hall–Kier alpha value is -5.21. The maximum absolute atomic E-state index is 15.0. The highest BCUT2D eigenvalue weighted by atomic mass is 19.3. The van der Waals surface area contributed by atoms with Gasteiger partial charge in [-0.2, -0.15) is 5.10 Å². The van der Waals surface area contributed by atoms with Crippen molar-refractivity contribution < 1.29 is 27.5 Å². The molecule has 5 aromatic rings. The van der Waals surface area contributed by atoms with Crippen LogP contribution in [0.2, 0.25) is 0 Å². The zero-order chi connectivity index (χ0) is 31.5. The molecule has 0 radical (unpaired) electrons. The monoisotopic (exact) mass is 619 g/mol. The Balaban J connectivity index is 1.17. The summed E-state index contributed by atoms with van der Waals surface area (Å²) >= 11 is 0. The molecule has 2 aliphatic rings. The number of nitrogens with two attached hydrogens (primary N) is 1. The first-order chi connectivity index (χ1) is 21.6. The van der Waals surface area contributed by atoms with Crippen molar-refractivity contribution in [2.75, 3.05) is 25.9 Å². The summed E-state index contributed by atoms with van der Waals surface area (Å²) in [5.41, 5.74) is 10.6. The van der Waals surface area contributed by atoms with Crippen LogP contribution in [0.1, 0.15) is 28.8 Å². The zero-order valence-electron chi connectivity index (χ0n) is 24.0. The zero-order valence-corrected chi connectivity index (χ0v) is 24.0. The van der Waals surface area contributed by atoms with E-state index < -0.39 is 48.7 Å². The number of halogens is 3. The van der Waals surface area contributed by atoms with Crippen LogP contribution in [-0.2, 0) is 11.3 Å². The number of benzene rings is 1. The molecule has 5 heterocycles. The summed E-state index contributed by atoms with van der Waals surface area (Å²) in [7, 11) is 1.36. The van der Waals surface area contributed by atoms with Crippen LogP contribution in [0.5, 0.6) is 5.88 Å². The van der Waals surface area contributed by atoms with Crippen molar-refractivity contribution >= 4 is 34.2 Å². The van der Waals surface area contributed by atoms with E-state index in [4.69, 9.17) is 10.5 Å². The fraction of sp³-hybridized carbons (Fsp3) is 0.333. The van der Waals surface area contributed by atoms with Gasteiger partial charge in [-0.05, 0) is 24.3 Å². The van der Waals surface area contributed by atoms with Gasteiger partial charge in [0.05, 0.1) is 49.3 Å². The van der Waals surface area contributed by atoms with Crippen LogP contribution in [-0.4, -0.2) is 84.2 Å². The molecule has 7 rings (SSSR count). The smallest absolute Gasteiger partial charge is 0.257 e. The predicted molar refractivity (Wildman–Crippen MR) is 156 cm³/mol. The molecule has 3 N–H and O–H groups in total. The van der Waals surface area contributed by atoms with E-state index in [9.17, 15) is 22.8 Å². The summed E-state index contributed by atoms with van der Waals surface area (Å²) in [5, 5.41) is 7.04. The number of nitrogens with one attached hydrogen (secondary N) is 1. The molecule has 45 heavy (non-hydrogen) atoms. The first kappa shape index (κ1) is 28.6. The average Bonchev–Trinajstić information content (AvgIpc) is 3.71. The summed E-state index contributed by atoms with van der Waals surface area (Å²) in [5.74, 6) is -4.63. The summed E-state index contributed by atoms with van der Waals surface area (Å²) in [6, 6.07) is 10.1. The molecule has 1 saturated heterocycles. The molecular formula is C30H28F3N9O3. The number of nitrogen functional groups attached to an aromatic ring is 1. The number of imidazole rings is 1. The number of aromatic nitrogens is 6. The fourth-order valence-corrected chi connectivity index (χ4v) is 6.13. The summed E-state index contributed by atoms with van der Waals surface area (Å²) in [6.45, 7) is -0.00555. The predicted octanol–water partition coefficient (Wildman–Crippen LogP) is 3.10. The normalized spacial score (nSPS) is 19.6. The van der Waals surface area contributed by atoms with Crippen molar-refractivity contribution in [3.05, 3.63) is 66.4 Å². The molecule has 0 spiro atoms. The van der Waals surface area contributed by atoms with E-state index >= 15 is 0 Å². The van der Waals surface area contributed by atoms with Gasteiger partial charge in [-0.15, -0.1) is 0 Å². The van der Waals surface area contributed by atoms with Crippen molar-refractivity contribution in [3.8, 4) is 17.1 Å². The van der Waals surface area contributed by atoms with Gasteiger partial charge in [0.25, 0.3) is 5.91 Å². The number of alkyl halides is 3. The van der Waals surface area contributed by atoms with Gasteiger partial charge in [-0.1, -0.05) is 12.1 Å². The number of nitrogens with zero attached hydrogens (tertiary/aromatic N) is 7. The topological polar surface area (TPSA) is 146 Å². The lowest BCUT2D eigenvalue weighted by molar-refractivity contribution is -0.159. The molecule has 0 bridgehead atoms. The third-order valence-electron chi connectivity index (χ3n) is 8.43. The number of carbonyl (C=O) groups is 2. The molecule has 4 aromatic heterocycles. The molecule has 0 unspecified atom stereocenters. The number of anilines is 1. The Morgan fingerprint density at radius 2 is 1.93 bits per heavy atom. The Kier molecular flexibility index (Phi) is 6.82. The molecule has 2 amide bonds. The van der Waals surface area contributed by atoms with E-state index in [1.54, 1.807) is 16.9 Å². The fourth-order valence-electron chi connectivity index (χ4n) is 6.13. The number of fused-ring (bicyclic) bond motifs is 2. The SMILES string of the molecule is COc1ncc(-c2cc(Cn3cnc4ccccc43)c3c(N)ncnn23)cc1C(=O)N[C@@H]1CN(C(=O)C2CC(F)(F)C2)C[C@@H]1F. The number of amides is 2. The minimum atomic E-state index is -2.87. The Labute approximate surface area is 254 Å². The number of carbonyl (C=O) groups excluding carboxylic acids is 2. The minimum Gasteiger partial charge on any atom is -0.480 e. The van der Waals surface area contributed by atoms with E-state index in [2.05, 4.69) is 25.4 Å². The highest BCUT2D eigenvalue weighted by molar-refractivity contribution is 5.98. The van der Waals surface area contributed by atoms with Gasteiger partial charge in [-0.3, -0.25) is 9.59 Å². The third kappa shape index (κ3) is 5.07. The first-order valence-electron chi connectivity index (χ1n) is 14.3. The molecule has 2 atom stereocenters. The summed E-state index contributed by atoms with van der Waals surface area (Å²) in [6.07, 6.45) is 1.93. The van der Waals surface area contributed by atoms with E-state index in [1.807, 2.05) is 34.9 Å². The first-order valence-corrected chi connectivity index (χ1v) is 14.3. The molecule has 232 valence electrons. The number of pyridine rings is 1. The quantitative estimate of drug-likeness (QED) is 0.283. The average molecular weight is 620 g/mol. The minimum absolute atomic E-state index is 0.00870. The second-order valence-corrected chi connectivity index (χ2v) is 11.4. The number of likely N-dealkylation sites (tertiary alicyclic amines) is 1. The Morgan fingerprint density at radius 1 is 1.13 bits per heavy atom. The van der Waals surface area contributed by atoms with E-state index in [0.717, 1.165) is 16.6 Å². The van der Waals surface area contributed by atoms with Gasteiger partial charge in [0, 0.05) is 42.6 Å². The number of hydrogen-bond acceptors (Lipinski definition) is 8. The second-order valence-electron chi connectivity index (χ2n) is 11.4. The van der Waals surface area contributed by atoms with Crippen molar-refractivity contribution in [3.63, 3.8) is 0 Å². The summed E-state index contributed by atoms with van der Waals surface area (Å²) in [4.78, 5) is 40.2. The number of hydrogen-bond donors (Lipinski definition) is 2.